The smallest absolute Gasteiger partial charge is 0.240 e. The molecule has 1 aromatic carbocycles. The Hall–Kier alpha value is -2.42. The van der Waals surface area contributed by atoms with E-state index in [1.807, 2.05) is 6.07 Å². The molecular weight excluding hydrogens is 248 g/mol. The largest absolute Gasteiger partial charge is 0.493 e. The Bertz CT molecular complexity index is 483. The number of hydrogen-bond acceptors (Lipinski definition) is 5. The molecule has 0 radical (unpaired) electrons. The average Bonchev–Trinajstić information content (AvgIpc) is 2.44. The maximum atomic E-state index is 11.7. The molecule has 0 atom stereocenters. The summed E-state index contributed by atoms with van der Waals surface area (Å²) < 4.78 is 15.6. The molecule has 6 heteroatoms. The molecule has 1 aromatic rings. The Morgan fingerprint density at radius 3 is 2.11 bits per heavy atom. The van der Waals surface area contributed by atoms with E-state index in [0.717, 1.165) is 0 Å². The third kappa shape index (κ3) is 3.07. The van der Waals surface area contributed by atoms with Crippen LogP contribution in [0, 0.1) is 11.3 Å². The highest BCUT2D eigenvalue weighted by Gasteiger charge is 2.17. The monoisotopic (exact) mass is 264 g/mol. The minimum Gasteiger partial charge on any atom is -0.493 e. The summed E-state index contributed by atoms with van der Waals surface area (Å²) in [5.41, 5.74) is 0.565. The predicted molar refractivity (Wildman–Crippen MR) is 69.7 cm³/mol. The maximum Gasteiger partial charge on any atom is 0.240 e. The van der Waals surface area contributed by atoms with Gasteiger partial charge in [-0.1, -0.05) is 0 Å². The molecule has 0 aliphatic rings. The lowest BCUT2D eigenvalue weighted by Gasteiger charge is -2.19. The summed E-state index contributed by atoms with van der Waals surface area (Å²) in [5.74, 6) is 1.05. The second-order valence-electron chi connectivity index (χ2n) is 3.67. The van der Waals surface area contributed by atoms with Crippen molar-refractivity contribution < 1.29 is 19.0 Å². The number of hydrogen-bond donors (Lipinski definition) is 0. The quantitative estimate of drug-likeness (QED) is 0.807. The van der Waals surface area contributed by atoms with Crippen molar-refractivity contribution in [3.63, 3.8) is 0 Å². The predicted octanol–water partition coefficient (Wildman–Crippen LogP) is 1.59. The first-order valence-corrected chi connectivity index (χ1v) is 5.52. The Kier molecular flexibility index (Phi) is 5.01. The molecule has 0 aromatic heterocycles. The fourth-order valence-electron chi connectivity index (χ4n) is 1.59. The first-order valence-electron chi connectivity index (χ1n) is 5.52. The van der Waals surface area contributed by atoms with Crippen LogP contribution in [-0.2, 0) is 4.79 Å². The summed E-state index contributed by atoms with van der Waals surface area (Å²) in [7, 11) is 6.08. The summed E-state index contributed by atoms with van der Waals surface area (Å²) >= 11 is 0. The van der Waals surface area contributed by atoms with Gasteiger partial charge in [-0.25, -0.2) is 0 Å². The van der Waals surface area contributed by atoms with Crippen LogP contribution in [0.25, 0.3) is 0 Å². The Morgan fingerprint density at radius 1 is 1.21 bits per heavy atom. The van der Waals surface area contributed by atoms with E-state index in [4.69, 9.17) is 19.5 Å². The van der Waals surface area contributed by atoms with Crippen molar-refractivity contribution in [1.29, 1.82) is 5.26 Å². The summed E-state index contributed by atoms with van der Waals surface area (Å²) in [6.45, 7) is 0. The van der Waals surface area contributed by atoms with Gasteiger partial charge in [-0.15, -0.1) is 0 Å². The van der Waals surface area contributed by atoms with Crippen LogP contribution in [0.15, 0.2) is 12.1 Å². The van der Waals surface area contributed by atoms with E-state index in [-0.39, 0.29) is 12.3 Å². The maximum absolute atomic E-state index is 11.7. The molecule has 0 fully saturated rings. The second-order valence-corrected chi connectivity index (χ2v) is 3.67. The molecule has 19 heavy (non-hydrogen) atoms. The molecule has 0 heterocycles. The number of amides is 1. The van der Waals surface area contributed by atoms with E-state index < -0.39 is 0 Å². The van der Waals surface area contributed by atoms with E-state index in [0.29, 0.717) is 22.9 Å². The van der Waals surface area contributed by atoms with Gasteiger partial charge >= 0.3 is 0 Å². The van der Waals surface area contributed by atoms with Gasteiger partial charge in [0, 0.05) is 19.2 Å². The lowest BCUT2D eigenvalue weighted by Crippen LogP contribution is -2.25. The minimum atomic E-state index is -0.309. The zero-order valence-corrected chi connectivity index (χ0v) is 11.4. The van der Waals surface area contributed by atoms with E-state index in [9.17, 15) is 4.79 Å². The van der Waals surface area contributed by atoms with Crippen LogP contribution < -0.4 is 19.1 Å². The summed E-state index contributed by atoms with van der Waals surface area (Å²) in [5, 5.41) is 8.55. The second kappa shape index (κ2) is 6.50. The van der Waals surface area contributed by atoms with Crippen LogP contribution in [0.2, 0.25) is 0 Å². The number of methoxy groups -OCH3 is 3. The molecule has 0 aliphatic carbocycles. The third-order valence-electron chi connectivity index (χ3n) is 2.64. The molecular formula is C13H16N2O4. The van der Waals surface area contributed by atoms with Crippen molar-refractivity contribution in [2.45, 2.75) is 6.42 Å². The number of carbonyl (C=O) groups excluding carboxylic acids is 1. The van der Waals surface area contributed by atoms with Crippen LogP contribution in [-0.4, -0.2) is 34.3 Å². The van der Waals surface area contributed by atoms with E-state index in [2.05, 4.69) is 0 Å². The van der Waals surface area contributed by atoms with Crippen molar-refractivity contribution in [2.24, 2.45) is 0 Å². The van der Waals surface area contributed by atoms with Gasteiger partial charge in [-0.3, -0.25) is 4.79 Å². The molecule has 0 unspecified atom stereocenters. The summed E-state index contributed by atoms with van der Waals surface area (Å²) in [6.07, 6.45) is -0.187. The summed E-state index contributed by atoms with van der Waals surface area (Å²) in [6, 6.07) is 5.12. The lowest BCUT2D eigenvalue weighted by molar-refractivity contribution is -0.117. The molecule has 0 N–H and O–H groups in total. The first kappa shape index (κ1) is 14.6. The Labute approximate surface area is 112 Å². The zero-order chi connectivity index (χ0) is 14.4. The van der Waals surface area contributed by atoms with Crippen molar-refractivity contribution in [2.75, 3.05) is 33.3 Å². The zero-order valence-electron chi connectivity index (χ0n) is 11.4. The van der Waals surface area contributed by atoms with Gasteiger partial charge in [0.15, 0.2) is 11.5 Å². The van der Waals surface area contributed by atoms with E-state index >= 15 is 0 Å². The van der Waals surface area contributed by atoms with Crippen molar-refractivity contribution in [1.82, 2.24) is 0 Å². The van der Waals surface area contributed by atoms with Gasteiger partial charge in [0.1, 0.15) is 6.42 Å². The van der Waals surface area contributed by atoms with Crippen LogP contribution >= 0.6 is 0 Å². The highest BCUT2D eigenvalue weighted by molar-refractivity contribution is 5.94. The topological polar surface area (TPSA) is 71.8 Å². The van der Waals surface area contributed by atoms with Gasteiger partial charge in [0.05, 0.1) is 33.1 Å². The molecule has 102 valence electrons. The van der Waals surface area contributed by atoms with Crippen LogP contribution in [0.1, 0.15) is 6.42 Å². The first-order chi connectivity index (χ1) is 9.08. The third-order valence-corrected chi connectivity index (χ3v) is 2.64. The van der Waals surface area contributed by atoms with Crippen LogP contribution in [0.3, 0.4) is 0 Å². The van der Waals surface area contributed by atoms with Crippen molar-refractivity contribution >= 4 is 11.6 Å². The lowest BCUT2D eigenvalue weighted by atomic mass is 10.2. The normalized spacial score (nSPS) is 9.42. The number of benzene rings is 1. The van der Waals surface area contributed by atoms with Gasteiger partial charge in [-0.2, -0.15) is 5.26 Å². The van der Waals surface area contributed by atoms with Crippen LogP contribution in [0.4, 0.5) is 5.69 Å². The highest BCUT2D eigenvalue weighted by Crippen LogP contribution is 2.40. The van der Waals surface area contributed by atoms with Crippen molar-refractivity contribution in [3.05, 3.63) is 12.1 Å². The fourth-order valence-corrected chi connectivity index (χ4v) is 1.59. The van der Waals surface area contributed by atoms with Gasteiger partial charge < -0.3 is 19.1 Å². The minimum absolute atomic E-state index is 0.187. The van der Waals surface area contributed by atoms with E-state index in [1.54, 1.807) is 19.2 Å². The molecule has 0 aliphatic heterocycles. The summed E-state index contributed by atoms with van der Waals surface area (Å²) in [4.78, 5) is 13.1. The van der Waals surface area contributed by atoms with Crippen LogP contribution in [0.5, 0.6) is 17.2 Å². The fraction of sp³-hybridized carbons (Fsp3) is 0.385. The number of nitrogens with zero attached hydrogens (tertiary/aromatic N) is 2. The average molecular weight is 264 g/mol. The molecule has 0 saturated carbocycles. The van der Waals surface area contributed by atoms with Gasteiger partial charge in [-0.05, 0) is 0 Å². The standard InChI is InChI=1S/C13H16N2O4/c1-15(12(16)5-6-14)9-7-10(17-2)13(19-4)11(8-9)18-3/h7-8H,5H2,1-4H3. The van der Waals surface area contributed by atoms with Crippen molar-refractivity contribution in [3.8, 4) is 23.3 Å². The number of ether oxygens (including phenoxy) is 3. The number of nitriles is 1. The molecule has 1 rings (SSSR count). The van der Waals surface area contributed by atoms with Gasteiger partial charge in [0.25, 0.3) is 0 Å². The Balaban J connectivity index is 3.23. The SMILES string of the molecule is COc1cc(N(C)C(=O)CC#N)cc(OC)c1OC. The number of carbonyl (C=O) groups is 1. The molecule has 0 bridgehead atoms. The highest BCUT2D eigenvalue weighted by atomic mass is 16.5. The van der Waals surface area contributed by atoms with E-state index in [1.165, 1.54) is 26.2 Å². The molecule has 6 nitrogen and oxygen atoms in total. The number of anilines is 1. The molecule has 1 amide bonds. The Morgan fingerprint density at radius 2 is 1.74 bits per heavy atom. The van der Waals surface area contributed by atoms with Gasteiger partial charge in [0.2, 0.25) is 11.7 Å². The molecule has 0 spiro atoms. The number of rotatable bonds is 5. The molecule has 0 saturated heterocycles.